The van der Waals surface area contributed by atoms with E-state index in [4.69, 9.17) is 0 Å². The molecule has 2 aromatic heterocycles. The number of pyridine rings is 1. The van der Waals surface area contributed by atoms with Gasteiger partial charge in [0, 0.05) is 31.3 Å². The molecule has 2 aliphatic heterocycles. The van der Waals surface area contributed by atoms with E-state index in [2.05, 4.69) is 17.0 Å². The second kappa shape index (κ2) is 7.51. The molecule has 162 valence electrons. The maximum Gasteiger partial charge on any atom is 0.436 e. The second-order valence-corrected chi connectivity index (χ2v) is 7.94. The number of likely N-dealkylation sites (tertiary alicyclic amines) is 1. The highest BCUT2D eigenvalue weighted by Crippen LogP contribution is 2.31. The van der Waals surface area contributed by atoms with Crippen molar-refractivity contribution < 1.29 is 22.4 Å². The molecule has 2 unspecified atom stereocenters. The largest absolute Gasteiger partial charge is 0.436 e. The minimum atomic E-state index is -4.94. The first-order valence-corrected chi connectivity index (χ1v) is 9.84. The summed E-state index contributed by atoms with van der Waals surface area (Å²) in [6.07, 6.45) is -1.56. The van der Waals surface area contributed by atoms with Crippen LogP contribution in [0.15, 0.2) is 17.1 Å². The van der Waals surface area contributed by atoms with Crippen molar-refractivity contribution in [2.24, 2.45) is 5.92 Å². The van der Waals surface area contributed by atoms with Crippen molar-refractivity contribution >= 4 is 5.91 Å². The minimum absolute atomic E-state index is 0.142. The number of rotatable bonds is 3. The van der Waals surface area contributed by atoms with E-state index in [0.29, 0.717) is 44.1 Å². The zero-order valence-corrected chi connectivity index (χ0v) is 16.3. The number of hydrogen-bond donors (Lipinski definition) is 0. The van der Waals surface area contributed by atoms with E-state index in [1.807, 2.05) is 0 Å². The predicted octanol–water partition coefficient (Wildman–Crippen LogP) is 2.39. The number of hydrogen-bond acceptors (Lipinski definition) is 4. The van der Waals surface area contributed by atoms with Crippen molar-refractivity contribution in [1.82, 2.24) is 24.2 Å². The van der Waals surface area contributed by atoms with Gasteiger partial charge in [0.05, 0.1) is 6.54 Å². The van der Waals surface area contributed by atoms with Gasteiger partial charge >= 0.3 is 11.9 Å². The molecule has 0 aliphatic carbocycles. The summed E-state index contributed by atoms with van der Waals surface area (Å²) in [6, 6.07) is 0.400. The third kappa shape index (κ3) is 3.61. The van der Waals surface area contributed by atoms with E-state index in [9.17, 15) is 27.2 Å². The Hall–Kier alpha value is -2.72. The molecule has 0 saturated carbocycles. The van der Waals surface area contributed by atoms with E-state index < -0.39 is 36.0 Å². The highest BCUT2D eigenvalue weighted by Gasteiger charge is 2.38. The highest BCUT2D eigenvalue weighted by atomic mass is 19.4. The summed E-state index contributed by atoms with van der Waals surface area (Å²) in [5.74, 6) is -0.880. The molecule has 30 heavy (non-hydrogen) atoms. The van der Waals surface area contributed by atoms with Gasteiger partial charge in [0.1, 0.15) is 11.9 Å². The van der Waals surface area contributed by atoms with Gasteiger partial charge in [-0.05, 0) is 31.2 Å². The number of aromatic nitrogens is 4. The quantitative estimate of drug-likeness (QED) is 0.706. The first-order valence-electron chi connectivity index (χ1n) is 9.84. The average Bonchev–Trinajstić information content (AvgIpc) is 3.25. The first kappa shape index (κ1) is 20.5. The summed E-state index contributed by atoms with van der Waals surface area (Å²) < 4.78 is 55.3. The Kier molecular flexibility index (Phi) is 5.15. The SMILES string of the molecule is CC1CCN(C(=O)C2CCCc3nn(Cc4ccnc(C(F)(F)F)c4F)c(=O)n32)C1. The van der Waals surface area contributed by atoms with E-state index in [1.165, 1.54) is 4.57 Å². The van der Waals surface area contributed by atoms with Crippen molar-refractivity contribution in [3.63, 3.8) is 0 Å². The summed E-state index contributed by atoms with van der Waals surface area (Å²) in [6.45, 7) is 2.85. The van der Waals surface area contributed by atoms with Gasteiger partial charge in [-0.15, -0.1) is 0 Å². The topological polar surface area (TPSA) is 73.0 Å². The Bertz CT molecular complexity index is 1030. The highest BCUT2D eigenvalue weighted by molar-refractivity contribution is 5.81. The molecular formula is C19H21F4N5O2. The summed E-state index contributed by atoms with van der Waals surface area (Å²) in [5, 5.41) is 4.18. The predicted molar refractivity (Wildman–Crippen MR) is 97.1 cm³/mol. The molecule has 2 atom stereocenters. The van der Waals surface area contributed by atoms with Crippen LogP contribution in [0.25, 0.3) is 0 Å². The van der Waals surface area contributed by atoms with Crippen LogP contribution in [0.4, 0.5) is 17.6 Å². The van der Waals surface area contributed by atoms with Gasteiger partial charge in [-0.2, -0.15) is 18.3 Å². The molecule has 11 heteroatoms. The number of alkyl halides is 3. The molecule has 7 nitrogen and oxygen atoms in total. The van der Waals surface area contributed by atoms with Crippen molar-refractivity contribution in [2.75, 3.05) is 13.1 Å². The molecule has 0 N–H and O–H groups in total. The fourth-order valence-electron chi connectivity index (χ4n) is 4.18. The smallest absolute Gasteiger partial charge is 0.341 e. The van der Waals surface area contributed by atoms with E-state index >= 15 is 0 Å². The summed E-state index contributed by atoms with van der Waals surface area (Å²) in [5.41, 5.74) is -2.60. The number of aryl methyl sites for hydroxylation is 1. The summed E-state index contributed by atoms with van der Waals surface area (Å²) >= 11 is 0. The van der Waals surface area contributed by atoms with Gasteiger partial charge < -0.3 is 4.90 Å². The molecule has 2 aliphatic rings. The Labute approximate surface area is 169 Å². The lowest BCUT2D eigenvalue weighted by Gasteiger charge is -2.27. The first-order chi connectivity index (χ1) is 14.2. The van der Waals surface area contributed by atoms with Crippen molar-refractivity contribution in [1.29, 1.82) is 0 Å². The number of nitrogens with zero attached hydrogens (tertiary/aromatic N) is 5. The van der Waals surface area contributed by atoms with E-state index in [-0.39, 0.29) is 11.5 Å². The standard InChI is InChI=1S/C19H21F4N5O2/c1-11-6-8-26(9-11)17(29)13-3-2-4-14-25-27(18(30)28(13)14)10-12-5-7-24-16(15(12)20)19(21,22)23/h5,7,11,13H,2-4,6,8-10H2,1H3. The minimum Gasteiger partial charge on any atom is -0.341 e. The Morgan fingerprint density at radius 2 is 2.07 bits per heavy atom. The van der Waals surface area contributed by atoms with Crippen molar-refractivity contribution in [3.05, 3.63) is 45.6 Å². The number of carbonyl (C=O) groups excluding carboxylic acids is 1. The zero-order chi connectivity index (χ0) is 21.6. The number of halogens is 4. The van der Waals surface area contributed by atoms with Crippen LogP contribution in [-0.2, 0) is 23.9 Å². The molecule has 4 heterocycles. The van der Waals surface area contributed by atoms with E-state index in [0.717, 1.165) is 23.4 Å². The van der Waals surface area contributed by atoms with Gasteiger partial charge in [0.15, 0.2) is 11.5 Å². The fraction of sp³-hybridized carbons (Fsp3) is 0.579. The van der Waals surface area contributed by atoms with Crippen LogP contribution in [0.2, 0.25) is 0 Å². The summed E-state index contributed by atoms with van der Waals surface area (Å²) in [4.78, 5) is 30.7. The van der Waals surface area contributed by atoms with Crippen LogP contribution in [0.1, 0.15) is 49.3 Å². The normalized spacial score (nSPS) is 21.7. The number of amides is 1. The van der Waals surface area contributed by atoms with Crippen LogP contribution in [0.3, 0.4) is 0 Å². The molecule has 0 bridgehead atoms. The Balaban J connectivity index is 1.65. The zero-order valence-electron chi connectivity index (χ0n) is 16.3. The summed E-state index contributed by atoms with van der Waals surface area (Å²) in [7, 11) is 0. The third-order valence-electron chi connectivity index (χ3n) is 5.71. The van der Waals surface area contributed by atoms with Crippen LogP contribution >= 0.6 is 0 Å². The van der Waals surface area contributed by atoms with Gasteiger partial charge in [-0.25, -0.2) is 18.9 Å². The molecule has 4 rings (SSSR count). The molecule has 1 saturated heterocycles. The molecule has 2 aromatic rings. The second-order valence-electron chi connectivity index (χ2n) is 7.94. The Morgan fingerprint density at radius 1 is 1.30 bits per heavy atom. The molecule has 1 amide bonds. The van der Waals surface area contributed by atoms with Gasteiger partial charge in [0.25, 0.3) is 0 Å². The molecule has 1 fully saturated rings. The molecule has 0 spiro atoms. The average molecular weight is 427 g/mol. The lowest BCUT2D eigenvalue weighted by Crippen LogP contribution is -2.41. The lowest BCUT2D eigenvalue weighted by molar-refractivity contribution is -0.143. The molecular weight excluding hydrogens is 406 g/mol. The Morgan fingerprint density at radius 3 is 2.73 bits per heavy atom. The van der Waals surface area contributed by atoms with Crippen molar-refractivity contribution in [3.8, 4) is 0 Å². The molecule has 0 aromatic carbocycles. The maximum atomic E-state index is 14.3. The lowest BCUT2D eigenvalue weighted by atomic mass is 10.0. The van der Waals surface area contributed by atoms with Gasteiger partial charge in [-0.1, -0.05) is 6.92 Å². The fourth-order valence-corrected chi connectivity index (χ4v) is 4.18. The van der Waals surface area contributed by atoms with Crippen LogP contribution in [-0.4, -0.2) is 43.2 Å². The van der Waals surface area contributed by atoms with Crippen LogP contribution < -0.4 is 5.69 Å². The van der Waals surface area contributed by atoms with Crippen LogP contribution in [0, 0.1) is 11.7 Å². The third-order valence-corrected chi connectivity index (χ3v) is 5.71. The van der Waals surface area contributed by atoms with E-state index in [1.54, 1.807) is 4.90 Å². The maximum absolute atomic E-state index is 14.3. The molecule has 0 radical (unpaired) electrons. The van der Waals surface area contributed by atoms with Gasteiger partial charge in [-0.3, -0.25) is 9.36 Å². The van der Waals surface area contributed by atoms with Crippen LogP contribution in [0.5, 0.6) is 0 Å². The van der Waals surface area contributed by atoms with Crippen molar-refractivity contribution in [2.45, 2.75) is 51.4 Å². The van der Waals surface area contributed by atoms with Gasteiger partial charge in [0.2, 0.25) is 5.91 Å². The monoisotopic (exact) mass is 427 g/mol. The number of fused-ring (bicyclic) bond motifs is 1. The number of carbonyl (C=O) groups is 1.